The maximum Gasteiger partial charge on any atom is 0.168 e. The van der Waals surface area contributed by atoms with Gasteiger partial charge in [-0.2, -0.15) is 0 Å². The standard InChI is InChI=1S/C17H19NO2/c1-20-17(9-4-5-10-17)16(19)12-13-8-11-18-15-7-3-2-6-14(13)15/h2-3,6-8,11H,4-5,9-10,12H2,1H3. The fraction of sp³-hybridized carbons (Fsp3) is 0.412. The lowest BCUT2D eigenvalue weighted by molar-refractivity contribution is -0.139. The lowest BCUT2D eigenvalue weighted by Gasteiger charge is -2.25. The highest BCUT2D eigenvalue weighted by atomic mass is 16.5. The first kappa shape index (κ1) is 13.3. The largest absolute Gasteiger partial charge is 0.370 e. The number of ether oxygens (including phenoxy) is 1. The quantitative estimate of drug-likeness (QED) is 0.855. The van der Waals surface area contributed by atoms with Crippen molar-refractivity contribution in [2.75, 3.05) is 7.11 Å². The molecule has 3 heteroatoms. The lowest BCUT2D eigenvalue weighted by atomic mass is 9.90. The topological polar surface area (TPSA) is 39.2 Å². The van der Waals surface area contributed by atoms with Crippen molar-refractivity contribution in [1.82, 2.24) is 4.98 Å². The molecule has 0 radical (unpaired) electrons. The van der Waals surface area contributed by atoms with Gasteiger partial charge in [-0.15, -0.1) is 0 Å². The van der Waals surface area contributed by atoms with E-state index in [0.717, 1.165) is 42.1 Å². The SMILES string of the molecule is COC1(C(=O)Cc2ccnc3ccccc23)CCCC1. The molecule has 1 saturated carbocycles. The van der Waals surface area contributed by atoms with Crippen LogP contribution in [0.15, 0.2) is 36.5 Å². The molecule has 0 aliphatic heterocycles. The number of hydrogen-bond donors (Lipinski definition) is 0. The number of Topliss-reactive ketones (excluding diaryl/α,β-unsaturated/α-hetero) is 1. The van der Waals surface area contributed by atoms with Gasteiger partial charge in [0.15, 0.2) is 5.78 Å². The van der Waals surface area contributed by atoms with Crippen molar-refractivity contribution >= 4 is 16.7 Å². The first-order chi connectivity index (χ1) is 9.75. The predicted molar refractivity (Wildman–Crippen MR) is 78.7 cm³/mol. The molecule has 1 aliphatic rings. The zero-order valence-corrected chi connectivity index (χ0v) is 11.8. The number of rotatable bonds is 4. The third kappa shape index (κ3) is 2.22. The smallest absolute Gasteiger partial charge is 0.168 e. The zero-order chi connectivity index (χ0) is 14.0. The summed E-state index contributed by atoms with van der Waals surface area (Å²) in [4.78, 5) is 17.0. The minimum absolute atomic E-state index is 0.203. The van der Waals surface area contributed by atoms with Crippen molar-refractivity contribution in [2.24, 2.45) is 0 Å². The fourth-order valence-electron chi connectivity index (χ4n) is 3.19. The Morgan fingerprint density at radius 2 is 2.00 bits per heavy atom. The van der Waals surface area contributed by atoms with Gasteiger partial charge in [-0.3, -0.25) is 9.78 Å². The first-order valence-electron chi connectivity index (χ1n) is 7.16. The molecule has 20 heavy (non-hydrogen) atoms. The van der Waals surface area contributed by atoms with E-state index < -0.39 is 5.60 Å². The van der Waals surface area contributed by atoms with Gasteiger partial charge in [0, 0.05) is 25.1 Å². The predicted octanol–water partition coefficient (Wildman–Crippen LogP) is 3.31. The van der Waals surface area contributed by atoms with Crippen molar-refractivity contribution in [2.45, 2.75) is 37.7 Å². The van der Waals surface area contributed by atoms with E-state index in [-0.39, 0.29) is 5.78 Å². The van der Waals surface area contributed by atoms with Crippen molar-refractivity contribution in [3.05, 3.63) is 42.1 Å². The Morgan fingerprint density at radius 3 is 2.75 bits per heavy atom. The molecular formula is C17H19NO2. The normalized spacial score (nSPS) is 17.4. The minimum Gasteiger partial charge on any atom is -0.370 e. The Hall–Kier alpha value is -1.74. The Labute approximate surface area is 119 Å². The highest BCUT2D eigenvalue weighted by Crippen LogP contribution is 2.34. The second-order valence-corrected chi connectivity index (χ2v) is 5.49. The summed E-state index contributed by atoms with van der Waals surface area (Å²) in [5.74, 6) is 0.203. The van der Waals surface area contributed by atoms with Gasteiger partial charge in [0.1, 0.15) is 5.60 Å². The molecule has 3 rings (SSSR count). The molecule has 104 valence electrons. The van der Waals surface area contributed by atoms with E-state index in [0.29, 0.717) is 6.42 Å². The van der Waals surface area contributed by atoms with Gasteiger partial charge in [-0.25, -0.2) is 0 Å². The summed E-state index contributed by atoms with van der Waals surface area (Å²) in [5, 5.41) is 1.06. The number of pyridine rings is 1. The molecular weight excluding hydrogens is 250 g/mol. The van der Waals surface area contributed by atoms with Gasteiger partial charge < -0.3 is 4.74 Å². The molecule has 1 heterocycles. The van der Waals surface area contributed by atoms with Gasteiger partial charge in [-0.1, -0.05) is 18.2 Å². The highest BCUT2D eigenvalue weighted by molar-refractivity contribution is 5.93. The number of ketones is 1. The molecule has 1 fully saturated rings. The first-order valence-corrected chi connectivity index (χ1v) is 7.16. The van der Waals surface area contributed by atoms with E-state index >= 15 is 0 Å². The second-order valence-electron chi connectivity index (χ2n) is 5.49. The summed E-state index contributed by atoms with van der Waals surface area (Å²) >= 11 is 0. The van der Waals surface area contributed by atoms with Crippen LogP contribution in [0, 0.1) is 0 Å². The van der Waals surface area contributed by atoms with E-state index in [1.165, 1.54) is 0 Å². The van der Waals surface area contributed by atoms with Crippen molar-refractivity contribution in [3.63, 3.8) is 0 Å². The number of hydrogen-bond acceptors (Lipinski definition) is 3. The van der Waals surface area contributed by atoms with Crippen LogP contribution in [-0.2, 0) is 16.0 Å². The number of nitrogens with zero attached hydrogens (tertiary/aromatic N) is 1. The number of carbonyl (C=O) groups is 1. The fourth-order valence-corrected chi connectivity index (χ4v) is 3.19. The van der Waals surface area contributed by atoms with Crippen molar-refractivity contribution in [1.29, 1.82) is 0 Å². The van der Waals surface area contributed by atoms with E-state index in [1.807, 2.05) is 30.3 Å². The number of carbonyl (C=O) groups excluding carboxylic acids is 1. The minimum atomic E-state index is -0.551. The molecule has 0 unspecified atom stereocenters. The van der Waals surface area contributed by atoms with E-state index in [2.05, 4.69) is 4.98 Å². The van der Waals surface area contributed by atoms with Gasteiger partial charge in [-0.05, 0) is 43.4 Å². The maximum absolute atomic E-state index is 12.7. The molecule has 0 atom stereocenters. The highest BCUT2D eigenvalue weighted by Gasteiger charge is 2.40. The van der Waals surface area contributed by atoms with Gasteiger partial charge in [0.25, 0.3) is 0 Å². The molecule has 0 N–H and O–H groups in total. The zero-order valence-electron chi connectivity index (χ0n) is 11.8. The number of para-hydroxylation sites is 1. The van der Waals surface area contributed by atoms with Crippen LogP contribution in [0.1, 0.15) is 31.2 Å². The van der Waals surface area contributed by atoms with Crippen molar-refractivity contribution < 1.29 is 9.53 Å². The summed E-state index contributed by atoms with van der Waals surface area (Å²) in [6.45, 7) is 0. The Morgan fingerprint density at radius 1 is 1.25 bits per heavy atom. The van der Waals surface area contributed by atoms with E-state index in [9.17, 15) is 4.79 Å². The summed E-state index contributed by atoms with van der Waals surface area (Å²) < 4.78 is 5.58. The molecule has 1 aromatic heterocycles. The molecule has 0 bridgehead atoms. The summed E-state index contributed by atoms with van der Waals surface area (Å²) in [7, 11) is 1.66. The second kappa shape index (κ2) is 5.33. The van der Waals surface area contributed by atoms with Crippen LogP contribution < -0.4 is 0 Å². The maximum atomic E-state index is 12.7. The molecule has 0 saturated heterocycles. The molecule has 1 aromatic carbocycles. The summed E-state index contributed by atoms with van der Waals surface area (Å²) in [6.07, 6.45) is 6.07. The third-order valence-corrected chi connectivity index (χ3v) is 4.40. The van der Waals surface area contributed by atoms with Crippen LogP contribution in [0.3, 0.4) is 0 Å². The number of fused-ring (bicyclic) bond motifs is 1. The Kier molecular flexibility index (Phi) is 3.53. The van der Waals surface area contributed by atoms with Crippen LogP contribution in [0.4, 0.5) is 0 Å². The number of methoxy groups -OCH3 is 1. The summed E-state index contributed by atoms with van der Waals surface area (Å²) in [5.41, 5.74) is 1.43. The van der Waals surface area contributed by atoms with Gasteiger partial charge >= 0.3 is 0 Å². The van der Waals surface area contributed by atoms with Crippen LogP contribution in [0.2, 0.25) is 0 Å². The van der Waals surface area contributed by atoms with Crippen LogP contribution in [0.5, 0.6) is 0 Å². The average Bonchev–Trinajstić information content (AvgIpc) is 2.98. The van der Waals surface area contributed by atoms with Gasteiger partial charge in [0.05, 0.1) is 5.52 Å². The molecule has 0 spiro atoms. The third-order valence-electron chi connectivity index (χ3n) is 4.40. The molecule has 2 aromatic rings. The van der Waals surface area contributed by atoms with Crippen molar-refractivity contribution in [3.8, 4) is 0 Å². The lowest BCUT2D eigenvalue weighted by Crippen LogP contribution is -2.38. The van der Waals surface area contributed by atoms with Crippen LogP contribution >= 0.6 is 0 Å². The molecule has 1 aliphatic carbocycles. The number of aromatic nitrogens is 1. The Balaban J connectivity index is 1.91. The average molecular weight is 269 g/mol. The monoisotopic (exact) mass is 269 g/mol. The molecule has 3 nitrogen and oxygen atoms in total. The van der Waals surface area contributed by atoms with Gasteiger partial charge in [0.2, 0.25) is 0 Å². The number of benzene rings is 1. The summed E-state index contributed by atoms with van der Waals surface area (Å²) in [6, 6.07) is 9.90. The molecule has 0 amide bonds. The van der Waals surface area contributed by atoms with Crippen LogP contribution in [-0.4, -0.2) is 23.5 Å². The Bertz CT molecular complexity index is 624. The van der Waals surface area contributed by atoms with E-state index in [4.69, 9.17) is 4.74 Å². The van der Waals surface area contributed by atoms with Crippen LogP contribution in [0.25, 0.3) is 10.9 Å². The van der Waals surface area contributed by atoms with E-state index in [1.54, 1.807) is 13.3 Å².